The first-order chi connectivity index (χ1) is 10.2. The third-order valence-electron chi connectivity index (χ3n) is 2.76. The molecular formula is C14H17N5O2. The van der Waals surface area contributed by atoms with Crippen molar-refractivity contribution in [1.82, 2.24) is 20.3 Å². The van der Waals surface area contributed by atoms with E-state index in [4.69, 9.17) is 0 Å². The molecule has 0 aliphatic rings. The highest BCUT2D eigenvalue weighted by Crippen LogP contribution is 2.10. The standard InChI is InChI=1S/C14H17N5O2/c1-2-5-11(20)19-13-12(17-9-18-13)14(21)16-8-10-6-3-4-7-15-10/h3-4,6-7,9H,2,5,8H2,1H3,(H,16,21)(H,17,18)(H,19,20). The predicted octanol–water partition coefficient (Wildman–Crippen LogP) is 1.47. The Bertz CT molecular complexity index is 609. The summed E-state index contributed by atoms with van der Waals surface area (Å²) in [6.07, 6.45) is 4.16. The van der Waals surface area contributed by atoms with E-state index in [-0.39, 0.29) is 23.3 Å². The van der Waals surface area contributed by atoms with Gasteiger partial charge in [-0.2, -0.15) is 0 Å². The number of pyridine rings is 1. The van der Waals surface area contributed by atoms with Gasteiger partial charge in [0.25, 0.3) is 5.91 Å². The second-order valence-electron chi connectivity index (χ2n) is 4.43. The van der Waals surface area contributed by atoms with Crippen LogP contribution >= 0.6 is 0 Å². The van der Waals surface area contributed by atoms with Gasteiger partial charge < -0.3 is 15.6 Å². The van der Waals surface area contributed by atoms with Gasteiger partial charge in [0.1, 0.15) is 5.69 Å². The number of aromatic nitrogens is 3. The number of rotatable bonds is 6. The molecule has 0 aliphatic heterocycles. The van der Waals surface area contributed by atoms with Gasteiger partial charge in [-0.25, -0.2) is 4.98 Å². The van der Waals surface area contributed by atoms with Gasteiger partial charge in [-0.05, 0) is 18.6 Å². The van der Waals surface area contributed by atoms with Gasteiger partial charge in [0.05, 0.1) is 18.6 Å². The molecule has 0 atom stereocenters. The van der Waals surface area contributed by atoms with Crippen LogP contribution in [0.2, 0.25) is 0 Å². The molecule has 7 heteroatoms. The SMILES string of the molecule is CCCC(=O)Nc1nc[nH]c1C(=O)NCc1ccccn1. The van der Waals surface area contributed by atoms with Crippen LogP contribution in [-0.4, -0.2) is 26.8 Å². The lowest BCUT2D eigenvalue weighted by atomic mass is 10.3. The van der Waals surface area contributed by atoms with E-state index >= 15 is 0 Å². The lowest BCUT2D eigenvalue weighted by Crippen LogP contribution is -2.25. The zero-order valence-corrected chi connectivity index (χ0v) is 11.7. The Kier molecular flexibility index (Phi) is 5.03. The fourth-order valence-electron chi connectivity index (χ4n) is 1.75. The van der Waals surface area contributed by atoms with Crippen molar-refractivity contribution >= 4 is 17.6 Å². The largest absolute Gasteiger partial charge is 0.345 e. The Morgan fingerprint density at radius 1 is 1.29 bits per heavy atom. The molecule has 7 nitrogen and oxygen atoms in total. The average molecular weight is 287 g/mol. The van der Waals surface area contributed by atoms with Crippen molar-refractivity contribution < 1.29 is 9.59 Å². The minimum atomic E-state index is -0.343. The van der Waals surface area contributed by atoms with E-state index in [2.05, 4.69) is 25.6 Å². The van der Waals surface area contributed by atoms with Crippen molar-refractivity contribution in [2.45, 2.75) is 26.3 Å². The molecule has 0 bridgehead atoms. The van der Waals surface area contributed by atoms with Gasteiger partial charge in [0.2, 0.25) is 5.91 Å². The summed E-state index contributed by atoms with van der Waals surface area (Å²) in [7, 11) is 0. The Morgan fingerprint density at radius 2 is 2.14 bits per heavy atom. The zero-order valence-electron chi connectivity index (χ0n) is 11.7. The summed E-state index contributed by atoms with van der Waals surface area (Å²) in [6.45, 7) is 2.21. The number of nitrogens with one attached hydrogen (secondary N) is 3. The Balaban J connectivity index is 1.96. The number of anilines is 1. The summed E-state index contributed by atoms with van der Waals surface area (Å²) >= 11 is 0. The van der Waals surface area contributed by atoms with Crippen molar-refractivity contribution in [3.63, 3.8) is 0 Å². The van der Waals surface area contributed by atoms with Gasteiger partial charge in [0, 0.05) is 12.6 Å². The van der Waals surface area contributed by atoms with Gasteiger partial charge in [-0.15, -0.1) is 0 Å². The fourth-order valence-corrected chi connectivity index (χ4v) is 1.75. The molecule has 0 aromatic carbocycles. The van der Waals surface area contributed by atoms with E-state index in [1.54, 1.807) is 6.20 Å². The van der Waals surface area contributed by atoms with E-state index in [0.717, 1.165) is 12.1 Å². The number of amides is 2. The van der Waals surface area contributed by atoms with Crippen LogP contribution in [0.5, 0.6) is 0 Å². The normalized spacial score (nSPS) is 10.1. The van der Waals surface area contributed by atoms with E-state index in [1.165, 1.54) is 6.33 Å². The van der Waals surface area contributed by atoms with Crippen molar-refractivity contribution in [3.05, 3.63) is 42.1 Å². The number of imidazole rings is 1. The third kappa shape index (κ3) is 4.13. The molecule has 0 radical (unpaired) electrons. The maximum absolute atomic E-state index is 12.1. The highest BCUT2D eigenvalue weighted by Gasteiger charge is 2.15. The molecular weight excluding hydrogens is 270 g/mol. The summed E-state index contributed by atoms with van der Waals surface area (Å²) in [6, 6.07) is 5.47. The van der Waals surface area contributed by atoms with Crippen LogP contribution in [0, 0.1) is 0 Å². The first-order valence-corrected chi connectivity index (χ1v) is 6.72. The van der Waals surface area contributed by atoms with Crippen LogP contribution in [0.15, 0.2) is 30.7 Å². The number of H-pyrrole nitrogens is 1. The van der Waals surface area contributed by atoms with Crippen LogP contribution in [0.25, 0.3) is 0 Å². The minimum absolute atomic E-state index is 0.164. The second kappa shape index (κ2) is 7.18. The maximum atomic E-state index is 12.1. The molecule has 0 saturated heterocycles. The number of aromatic amines is 1. The van der Waals surface area contributed by atoms with E-state index in [0.29, 0.717) is 13.0 Å². The molecule has 0 spiro atoms. The molecule has 21 heavy (non-hydrogen) atoms. The maximum Gasteiger partial charge on any atom is 0.271 e. The Labute approximate surface area is 122 Å². The molecule has 0 fully saturated rings. The summed E-state index contributed by atoms with van der Waals surface area (Å²) in [5.74, 6) is -0.264. The molecule has 2 aromatic heterocycles. The molecule has 3 N–H and O–H groups in total. The summed E-state index contributed by atoms with van der Waals surface area (Å²) in [5.41, 5.74) is 0.984. The van der Waals surface area contributed by atoms with Crippen LogP contribution < -0.4 is 10.6 Å². The number of nitrogens with zero attached hydrogens (tertiary/aromatic N) is 2. The molecule has 110 valence electrons. The monoisotopic (exact) mass is 287 g/mol. The van der Waals surface area contributed by atoms with Crippen molar-refractivity contribution in [2.24, 2.45) is 0 Å². The van der Waals surface area contributed by atoms with Gasteiger partial charge >= 0.3 is 0 Å². The smallest absolute Gasteiger partial charge is 0.271 e. The number of carbonyl (C=O) groups is 2. The zero-order chi connectivity index (χ0) is 15.1. The lowest BCUT2D eigenvalue weighted by molar-refractivity contribution is -0.116. The van der Waals surface area contributed by atoms with E-state index in [1.807, 2.05) is 25.1 Å². The molecule has 0 aliphatic carbocycles. The minimum Gasteiger partial charge on any atom is -0.345 e. The van der Waals surface area contributed by atoms with E-state index in [9.17, 15) is 9.59 Å². The van der Waals surface area contributed by atoms with Crippen LogP contribution in [0.3, 0.4) is 0 Å². The highest BCUT2D eigenvalue weighted by atomic mass is 16.2. The van der Waals surface area contributed by atoms with Crippen molar-refractivity contribution in [2.75, 3.05) is 5.32 Å². The number of carbonyl (C=O) groups excluding carboxylic acids is 2. The predicted molar refractivity (Wildman–Crippen MR) is 77.5 cm³/mol. The average Bonchev–Trinajstić information content (AvgIpc) is 2.94. The number of hydrogen-bond acceptors (Lipinski definition) is 4. The first-order valence-electron chi connectivity index (χ1n) is 6.72. The quantitative estimate of drug-likeness (QED) is 0.749. The fraction of sp³-hybridized carbons (Fsp3) is 0.286. The van der Waals surface area contributed by atoms with Gasteiger partial charge in [-0.3, -0.25) is 14.6 Å². The van der Waals surface area contributed by atoms with Crippen molar-refractivity contribution in [1.29, 1.82) is 0 Å². The molecule has 0 saturated carbocycles. The second-order valence-corrected chi connectivity index (χ2v) is 4.43. The molecule has 2 aromatic rings. The van der Waals surface area contributed by atoms with Crippen LogP contribution in [0.1, 0.15) is 35.9 Å². The van der Waals surface area contributed by atoms with Crippen LogP contribution in [0.4, 0.5) is 5.82 Å². The van der Waals surface area contributed by atoms with Gasteiger partial charge in [0.15, 0.2) is 5.82 Å². The van der Waals surface area contributed by atoms with Crippen LogP contribution in [-0.2, 0) is 11.3 Å². The number of hydrogen-bond donors (Lipinski definition) is 3. The molecule has 0 unspecified atom stereocenters. The summed E-state index contributed by atoms with van der Waals surface area (Å²) in [5, 5.41) is 5.34. The van der Waals surface area contributed by atoms with Gasteiger partial charge in [-0.1, -0.05) is 13.0 Å². The van der Waals surface area contributed by atoms with E-state index < -0.39 is 0 Å². The summed E-state index contributed by atoms with van der Waals surface area (Å²) in [4.78, 5) is 34.4. The lowest BCUT2D eigenvalue weighted by Gasteiger charge is -2.06. The molecule has 2 amide bonds. The molecule has 2 rings (SSSR count). The van der Waals surface area contributed by atoms with Crippen molar-refractivity contribution in [3.8, 4) is 0 Å². The third-order valence-corrected chi connectivity index (χ3v) is 2.76. The Hall–Kier alpha value is -2.70. The molecule has 2 heterocycles. The first kappa shape index (κ1) is 14.7. The highest BCUT2D eigenvalue weighted by molar-refractivity contribution is 6.01. The topological polar surface area (TPSA) is 99.8 Å². The summed E-state index contributed by atoms with van der Waals surface area (Å²) < 4.78 is 0. The Morgan fingerprint density at radius 3 is 2.86 bits per heavy atom.